The molecule has 8 nitrogen and oxygen atoms in total. The normalized spacial score (nSPS) is 14.5. The lowest BCUT2D eigenvalue weighted by atomic mass is 10.1. The average molecular weight is 534 g/mol. The van der Waals surface area contributed by atoms with E-state index in [4.69, 9.17) is 4.98 Å². The highest BCUT2D eigenvalue weighted by Crippen LogP contribution is 2.27. The number of pyridine rings is 1. The molecule has 0 aliphatic carbocycles. The van der Waals surface area contributed by atoms with Crippen LogP contribution in [0, 0.1) is 5.82 Å². The zero-order chi connectivity index (χ0) is 27.5. The number of para-hydroxylation sites is 2. The number of nitrogens with zero attached hydrogens (tertiary/aromatic N) is 5. The molecule has 0 amide bonds. The molecule has 1 fully saturated rings. The van der Waals surface area contributed by atoms with Crippen LogP contribution in [-0.2, 0) is 19.6 Å². The lowest BCUT2D eigenvalue weighted by molar-refractivity contribution is 0.0695. The van der Waals surface area contributed by atoms with Crippen molar-refractivity contribution in [1.29, 1.82) is 0 Å². The quantitative estimate of drug-likeness (QED) is 0.285. The highest BCUT2D eigenvalue weighted by Gasteiger charge is 2.24. The summed E-state index contributed by atoms with van der Waals surface area (Å²) in [6.07, 6.45) is 6.14. The number of fused-ring (bicyclic) bond motifs is 2. The molecule has 206 valence electrons. The Morgan fingerprint density at radius 2 is 1.79 bits per heavy atom. The molecule has 4 aromatic rings. The van der Waals surface area contributed by atoms with Crippen molar-refractivity contribution in [2.75, 3.05) is 31.1 Å². The number of aromatic carboxylic acids is 1. The van der Waals surface area contributed by atoms with Crippen LogP contribution in [0.4, 0.5) is 10.1 Å². The van der Waals surface area contributed by atoms with Gasteiger partial charge < -0.3 is 19.1 Å². The summed E-state index contributed by atoms with van der Waals surface area (Å²) in [5.74, 6) is -0.745. The summed E-state index contributed by atoms with van der Waals surface area (Å²) in [5, 5.41) is 9.49. The predicted octanol–water partition coefficient (Wildman–Crippen LogP) is 5.11. The van der Waals surface area contributed by atoms with E-state index in [2.05, 4.69) is 34.6 Å². The van der Waals surface area contributed by atoms with Gasteiger partial charge in [0.25, 0.3) is 0 Å². The Morgan fingerprint density at radius 3 is 2.51 bits per heavy atom. The van der Waals surface area contributed by atoms with Gasteiger partial charge in [0.15, 0.2) is 0 Å². The summed E-state index contributed by atoms with van der Waals surface area (Å²) < 4.78 is 19.3. The number of aryl methyl sites for hydroxylation is 2. The summed E-state index contributed by atoms with van der Waals surface area (Å²) in [4.78, 5) is 33.5. The maximum Gasteiger partial charge on any atom is 0.341 e. The first-order chi connectivity index (χ1) is 18.9. The summed E-state index contributed by atoms with van der Waals surface area (Å²) in [6.45, 7) is 9.06. The minimum atomic E-state index is -1.31. The summed E-state index contributed by atoms with van der Waals surface area (Å²) in [7, 11) is 0. The van der Waals surface area contributed by atoms with E-state index in [1.165, 1.54) is 37.0 Å². The van der Waals surface area contributed by atoms with Crippen LogP contribution in [0.1, 0.15) is 55.7 Å². The van der Waals surface area contributed by atoms with E-state index in [0.717, 1.165) is 43.9 Å². The van der Waals surface area contributed by atoms with Crippen LogP contribution >= 0.6 is 0 Å². The number of imidazole rings is 1. The van der Waals surface area contributed by atoms with Crippen LogP contribution in [0.25, 0.3) is 21.9 Å². The van der Waals surface area contributed by atoms with E-state index in [1.807, 2.05) is 17.9 Å². The Bertz CT molecular complexity index is 1550. The average Bonchev–Trinajstić information content (AvgIpc) is 3.28. The topological polar surface area (TPSA) is 83.6 Å². The number of hydrogen-bond donors (Lipinski definition) is 1. The molecule has 2 aromatic carbocycles. The van der Waals surface area contributed by atoms with Crippen LogP contribution in [0.15, 0.2) is 47.4 Å². The number of unbranched alkanes of at least 4 members (excludes halogenated alkanes) is 3. The van der Waals surface area contributed by atoms with Crippen LogP contribution in [0.2, 0.25) is 0 Å². The number of halogens is 1. The zero-order valence-electron chi connectivity index (χ0n) is 22.7. The molecule has 0 spiro atoms. The summed E-state index contributed by atoms with van der Waals surface area (Å²) >= 11 is 0. The van der Waals surface area contributed by atoms with Gasteiger partial charge in [0.2, 0.25) is 5.43 Å². The molecule has 39 heavy (non-hydrogen) atoms. The molecule has 0 bridgehead atoms. The van der Waals surface area contributed by atoms with Crippen molar-refractivity contribution in [3.05, 3.63) is 70.0 Å². The van der Waals surface area contributed by atoms with Gasteiger partial charge in [-0.1, -0.05) is 38.3 Å². The number of piperazine rings is 1. The first-order valence-corrected chi connectivity index (χ1v) is 13.9. The number of anilines is 1. The molecule has 0 saturated carbocycles. The molecule has 1 saturated heterocycles. The zero-order valence-corrected chi connectivity index (χ0v) is 22.7. The van der Waals surface area contributed by atoms with Crippen LogP contribution < -0.4 is 10.3 Å². The van der Waals surface area contributed by atoms with Gasteiger partial charge in [0, 0.05) is 50.9 Å². The van der Waals surface area contributed by atoms with Crippen molar-refractivity contribution in [3.63, 3.8) is 0 Å². The third kappa shape index (κ3) is 5.41. The van der Waals surface area contributed by atoms with Gasteiger partial charge >= 0.3 is 5.97 Å². The fraction of sp³-hybridized carbons (Fsp3) is 0.433. The Balaban J connectivity index is 1.34. The van der Waals surface area contributed by atoms with Crippen molar-refractivity contribution in [2.45, 2.75) is 59.2 Å². The Morgan fingerprint density at radius 1 is 1.03 bits per heavy atom. The molecule has 0 unspecified atom stereocenters. The molecule has 5 rings (SSSR count). The van der Waals surface area contributed by atoms with Crippen molar-refractivity contribution in [2.24, 2.45) is 0 Å². The molecule has 1 aliphatic rings. The number of carboxylic acids is 1. The molecule has 0 radical (unpaired) electrons. The van der Waals surface area contributed by atoms with Gasteiger partial charge in [0.05, 0.1) is 28.8 Å². The smallest absolute Gasteiger partial charge is 0.341 e. The Labute approximate surface area is 227 Å². The SMILES string of the molecule is CCCCCCn1c(CN2CCN(c3cc4c(cc3F)c(=O)c(C(=O)O)cn4CC)CC2)nc2ccccc21. The molecule has 3 heterocycles. The van der Waals surface area contributed by atoms with Gasteiger partial charge in [-0.05, 0) is 37.6 Å². The lowest BCUT2D eigenvalue weighted by Crippen LogP contribution is -2.46. The molecular formula is C30H36FN5O3. The summed E-state index contributed by atoms with van der Waals surface area (Å²) in [6, 6.07) is 11.2. The standard InChI is InChI=1S/C30H36FN5O3/c1-3-5-6-9-12-36-25-11-8-7-10-24(25)32-28(36)20-33-13-15-35(16-14-33)27-18-26-21(17-23(27)31)29(37)22(30(38)39)19-34(26)4-2/h7-8,10-11,17-19H,3-6,9,12-16,20H2,1-2H3,(H,38,39). The maximum atomic E-state index is 15.3. The van der Waals surface area contributed by atoms with Crippen LogP contribution in [0.5, 0.6) is 0 Å². The number of carbonyl (C=O) groups is 1. The number of rotatable bonds is 10. The van der Waals surface area contributed by atoms with Crippen molar-refractivity contribution in [1.82, 2.24) is 19.0 Å². The second kappa shape index (κ2) is 11.6. The van der Waals surface area contributed by atoms with Crippen molar-refractivity contribution < 1.29 is 14.3 Å². The lowest BCUT2D eigenvalue weighted by Gasteiger charge is -2.36. The number of benzene rings is 2. The fourth-order valence-electron chi connectivity index (χ4n) is 5.59. The van der Waals surface area contributed by atoms with Crippen LogP contribution in [0.3, 0.4) is 0 Å². The maximum absolute atomic E-state index is 15.3. The largest absolute Gasteiger partial charge is 0.477 e. The number of aromatic nitrogens is 3. The van der Waals surface area contributed by atoms with Crippen molar-refractivity contribution >= 4 is 33.6 Å². The predicted molar refractivity (Wildman–Crippen MR) is 152 cm³/mol. The minimum Gasteiger partial charge on any atom is -0.477 e. The third-order valence-electron chi connectivity index (χ3n) is 7.77. The first-order valence-electron chi connectivity index (χ1n) is 13.9. The molecule has 2 aromatic heterocycles. The second-order valence-corrected chi connectivity index (χ2v) is 10.3. The number of hydrogen-bond acceptors (Lipinski definition) is 5. The van der Waals surface area contributed by atoms with Gasteiger partial charge in [0.1, 0.15) is 17.2 Å². The van der Waals surface area contributed by atoms with E-state index in [1.54, 1.807) is 10.6 Å². The van der Waals surface area contributed by atoms with Gasteiger partial charge in [-0.15, -0.1) is 0 Å². The highest BCUT2D eigenvalue weighted by atomic mass is 19.1. The van der Waals surface area contributed by atoms with E-state index in [9.17, 15) is 14.7 Å². The second-order valence-electron chi connectivity index (χ2n) is 10.3. The van der Waals surface area contributed by atoms with Crippen LogP contribution in [-0.4, -0.2) is 56.3 Å². The van der Waals surface area contributed by atoms with Gasteiger partial charge in [-0.25, -0.2) is 14.2 Å². The molecular weight excluding hydrogens is 497 g/mol. The van der Waals surface area contributed by atoms with E-state index in [-0.39, 0.29) is 10.9 Å². The van der Waals surface area contributed by atoms with E-state index in [0.29, 0.717) is 30.8 Å². The molecule has 1 aliphatic heterocycles. The molecule has 0 atom stereocenters. The van der Waals surface area contributed by atoms with Gasteiger partial charge in [-0.2, -0.15) is 0 Å². The Kier molecular flexibility index (Phi) is 7.97. The number of carboxylic acid groups (broad SMARTS) is 1. The van der Waals surface area contributed by atoms with Gasteiger partial charge in [-0.3, -0.25) is 9.69 Å². The highest BCUT2D eigenvalue weighted by molar-refractivity contribution is 5.93. The fourth-order valence-corrected chi connectivity index (χ4v) is 5.59. The minimum absolute atomic E-state index is 0.0921. The monoisotopic (exact) mass is 533 g/mol. The Hall–Kier alpha value is -3.72. The van der Waals surface area contributed by atoms with Crippen molar-refractivity contribution in [3.8, 4) is 0 Å². The van der Waals surface area contributed by atoms with E-state index >= 15 is 4.39 Å². The van der Waals surface area contributed by atoms with E-state index < -0.39 is 17.2 Å². The summed E-state index contributed by atoms with van der Waals surface area (Å²) in [5.41, 5.74) is 2.18. The molecule has 9 heteroatoms. The molecule has 1 N–H and O–H groups in total. The first kappa shape index (κ1) is 26.9. The third-order valence-corrected chi connectivity index (χ3v) is 7.77.